The Kier molecular flexibility index (Phi) is 4.16. The third kappa shape index (κ3) is 3.52. The van der Waals surface area contributed by atoms with Crippen LogP contribution in [-0.4, -0.2) is 26.8 Å². The molecule has 1 aromatic carbocycles. The van der Waals surface area contributed by atoms with Crippen LogP contribution in [0.3, 0.4) is 0 Å². The predicted molar refractivity (Wildman–Crippen MR) is 92.2 cm³/mol. The normalized spacial score (nSPS) is 15.6. The zero-order valence-corrected chi connectivity index (χ0v) is 13.6. The van der Waals surface area contributed by atoms with Gasteiger partial charge in [0, 0.05) is 31.1 Å². The quantitative estimate of drug-likeness (QED) is 0.777. The van der Waals surface area contributed by atoms with E-state index in [9.17, 15) is 4.79 Å². The van der Waals surface area contributed by atoms with Gasteiger partial charge in [-0.15, -0.1) is 0 Å². The van der Waals surface area contributed by atoms with Gasteiger partial charge < -0.3 is 10.1 Å². The minimum Gasteiger partial charge on any atom is -0.488 e. The van der Waals surface area contributed by atoms with E-state index in [-0.39, 0.29) is 12.0 Å². The second-order valence-corrected chi connectivity index (χ2v) is 6.00. The summed E-state index contributed by atoms with van der Waals surface area (Å²) >= 11 is 0. The number of rotatable bonds is 5. The maximum absolute atomic E-state index is 12.3. The molecular formula is C19H18N4O2. The molecule has 126 valence electrons. The van der Waals surface area contributed by atoms with Crippen molar-refractivity contribution in [1.82, 2.24) is 20.1 Å². The summed E-state index contributed by atoms with van der Waals surface area (Å²) < 4.78 is 7.77. The fraction of sp³-hybridized carbons (Fsp3) is 0.211. The molecule has 25 heavy (non-hydrogen) atoms. The molecular weight excluding hydrogens is 316 g/mol. The van der Waals surface area contributed by atoms with E-state index in [0.29, 0.717) is 18.8 Å². The van der Waals surface area contributed by atoms with Crippen molar-refractivity contribution in [2.24, 2.45) is 0 Å². The average molecular weight is 334 g/mol. The highest BCUT2D eigenvalue weighted by molar-refractivity contribution is 5.92. The first-order chi connectivity index (χ1) is 12.3. The van der Waals surface area contributed by atoms with Crippen LogP contribution < -0.4 is 10.1 Å². The predicted octanol–water partition coefficient (Wildman–Crippen LogP) is 2.21. The van der Waals surface area contributed by atoms with Gasteiger partial charge in [-0.25, -0.2) is 0 Å². The molecule has 3 aromatic rings. The highest BCUT2D eigenvalue weighted by atomic mass is 16.5. The van der Waals surface area contributed by atoms with Gasteiger partial charge in [0.2, 0.25) is 0 Å². The SMILES string of the molecule is O=C(NCc1ccccc1)c1cc2n(n1)C[C@@H](Oc1ccncc1)C2. The molecule has 6 nitrogen and oxygen atoms in total. The van der Waals surface area contributed by atoms with Gasteiger partial charge in [0.1, 0.15) is 17.5 Å². The van der Waals surface area contributed by atoms with Gasteiger partial charge in [0.05, 0.1) is 6.54 Å². The molecule has 0 unspecified atom stereocenters. The van der Waals surface area contributed by atoms with E-state index in [4.69, 9.17) is 4.74 Å². The van der Waals surface area contributed by atoms with Crippen LogP contribution >= 0.6 is 0 Å². The molecule has 0 saturated carbocycles. The van der Waals surface area contributed by atoms with Crippen LogP contribution in [-0.2, 0) is 19.5 Å². The van der Waals surface area contributed by atoms with E-state index in [2.05, 4.69) is 15.4 Å². The zero-order chi connectivity index (χ0) is 17.1. The van der Waals surface area contributed by atoms with Gasteiger partial charge in [-0.3, -0.25) is 14.5 Å². The lowest BCUT2D eigenvalue weighted by Crippen LogP contribution is -2.24. The fourth-order valence-corrected chi connectivity index (χ4v) is 2.94. The summed E-state index contributed by atoms with van der Waals surface area (Å²) in [6.45, 7) is 1.14. The number of hydrogen-bond donors (Lipinski definition) is 1. The number of carbonyl (C=O) groups is 1. The topological polar surface area (TPSA) is 69.0 Å². The van der Waals surface area contributed by atoms with E-state index in [0.717, 1.165) is 23.4 Å². The van der Waals surface area contributed by atoms with Crippen LogP contribution in [0.15, 0.2) is 60.9 Å². The van der Waals surface area contributed by atoms with Crippen LogP contribution in [0.1, 0.15) is 21.7 Å². The lowest BCUT2D eigenvalue weighted by atomic mass is 10.2. The smallest absolute Gasteiger partial charge is 0.272 e. The van der Waals surface area contributed by atoms with Crippen molar-refractivity contribution in [1.29, 1.82) is 0 Å². The van der Waals surface area contributed by atoms with E-state index in [1.165, 1.54) is 0 Å². The minimum absolute atomic E-state index is 0.0336. The first kappa shape index (κ1) is 15.4. The Hall–Kier alpha value is -3.15. The van der Waals surface area contributed by atoms with Crippen LogP contribution in [0, 0.1) is 0 Å². The molecule has 0 radical (unpaired) electrons. The summed E-state index contributed by atoms with van der Waals surface area (Å²) in [5.74, 6) is 0.643. The van der Waals surface area contributed by atoms with E-state index >= 15 is 0 Å². The molecule has 1 amide bonds. The number of carbonyl (C=O) groups excluding carboxylic acids is 1. The summed E-state index contributed by atoms with van der Waals surface area (Å²) in [5.41, 5.74) is 2.53. The number of ether oxygens (including phenoxy) is 1. The Morgan fingerprint density at radius 2 is 2.00 bits per heavy atom. The average Bonchev–Trinajstić information content (AvgIpc) is 3.20. The lowest BCUT2D eigenvalue weighted by molar-refractivity contribution is 0.0944. The van der Waals surface area contributed by atoms with Crippen LogP contribution in [0.2, 0.25) is 0 Å². The van der Waals surface area contributed by atoms with Crippen molar-refractivity contribution >= 4 is 5.91 Å². The molecule has 3 heterocycles. The molecule has 1 N–H and O–H groups in total. The minimum atomic E-state index is -0.155. The number of fused-ring (bicyclic) bond motifs is 1. The molecule has 4 rings (SSSR count). The first-order valence-electron chi connectivity index (χ1n) is 8.23. The first-order valence-corrected chi connectivity index (χ1v) is 8.23. The molecule has 1 aliphatic rings. The number of amides is 1. The number of benzene rings is 1. The van der Waals surface area contributed by atoms with Gasteiger partial charge in [-0.05, 0) is 23.8 Å². The van der Waals surface area contributed by atoms with Gasteiger partial charge in [0.15, 0.2) is 0 Å². The fourth-order valence-electron chi connectivity index (χ4n) is 2.94. The Morgan fingerprint density at radius 3 is 2.76 bits per heavy atom. The maximum Gasteiger partial charge on any atom is 0.272 e. The van der Waals surface area contributed by atoms with Crippen molar-refractivity contribution < 1.29 is 9.53 Å². The number of hydrogen-bond acceptors (Lipinski definition) is 4. The molecule has 0 saturated heterocycles. The Labute approximate surface area is 145 Å². The van der Waals surface area contributed by atoms with Crippen LogP contribution in [0.5, 0.6) is 5.75 Å². The maximum atomic E-state index is 12.3. The van der Waals surface area contributed by atoms with E-state index in [1.807, 2.05) is 53.2 Å². The summed E-state index contributed by atoms with van der Waals surface area (Å²) in [5, 5.41) is 7.31. The number of nitrogens with one attached hydrogen (secondary N) is 1. The van der Waals surface area contributed by atoms with Gasteiger partial charge in [-0.2, -0.15) is 5.10 Å². The van der Waals surface area contributed by atoms with Gasteiger partial charge in [0.25, 0.3) is 5.91 Å². The molecule has 1 atom stereocenters. The third-order valence-electron chi connectivity index (χ3n) is 4.16. The Bertz CT molecular complexity index is 838. The molecule has 0 aliphatic carbocycles. The van der Waals surface area contributed by atoms with Crippen molar-refractivity contribution in [3.8, 4) is 5.75 Å². The van der Waals surface area contributed by atoms with Crippen molar-refractivity contribution in [3.05, 3.63) is 77.9 Å². The van der Waals surface area contributed by atoms with E-state index in [1.54, 1.807) is 12.4 Å². The molecule has 6 heteroatoms. The Morgan fingerprint density at radius 1 is 1.20 bits per heavy atom. The summed E-state index contributed by atoms with van der Waals surface area (Å²) in [4.78, 5) is 16.2. The van der Waals surface area contributed by atoms with Crippen LogP contribution in [0.25, 0.3) is 0 Å². The molecule has 0 bridgehead atoms. The second kappa shape index (κ2) is 6.76. The summed E-state index contributed by atoms with van der Waals surface area (Å²) in [6, 6.07) is 15.3. The second-order valence-electron chi connectivity index (χ2n) is 6.00. The highest BCUT2D eigenvalue weighted by Crippen LogP contribution is 2.21. The number of pyridine rings is 1. The lowest BCUT2D eigenvalue weighted by Gasteiger charge is -2.12. The van der Waals surface area contributed by atoms with Crippen molar-refractivity contribution in [2.45, 2.75) is 25.6 Å². The monoisotopic (exact) mass is 334 g/mol. The van der Waals surface area contributed by atoms with Gasteiger partial charge in [-0.1, -0.05) is 30.3 Å². The van der Waals surface area contributed by atoms with Crippen LogP contribution in [0.4, 0.5) is 0 Å². The van der Waals surface area contributed by atoms with Gasteiger partial charge >= 0.3 is 0 Å². The molecule has 1 aliphatic heterocycles. The zero-order valence-electron chi connectivity index (χ0n) is 13.6. The molecule has 0 fully saturated rings. The summed E-state index contributed by atoms with van der Waals surface area (Å²) in [6.07, 6.45) is 4.18. The third-order valence-corrected chi connectivity index (χ3v) is 4.16. The molecule has 0 spiro atoms. The largest absolute Gasteiger partial charge is 0.488 e. The highest BCUT2D eigenvalue weighted by Gasteiger charge is 2.26. The summed E-state index contributed by atoms with van der Waals surface area (Å²) in [7, 11) is 0. The Balaban J connectivity index is 1.35. The van der Waals surface area contributed by atoms with Crippen molar-refractivity contribution in [2.75, 3.05) is 0 Å². The van der Waals surface area contributed by atoms with E-state index < -0.39 is 0 Å². The standard InChI is InChI=1S/C19H18N4O2/c24-19(21-12-14-4-2-1-3-5-14)18-11-15-10-17(13-23(15)22-18)25-16-6-8-20-9-7-16/h1-9,11,17H,10,12-13H2,(H,21,24)/t17-/m0/s1. The molecule has 2 aromatic heterocycles. The van der Waals surface area contributed by atoms with Crippen molar-refractivity contribution in [3.63, 3.8) is 0 Å². The number of nitrogens with zero attached hydrogens (tertiary/aromatic N) is 3. The number of aromatic nitrogens is 3.